The topological polar surface area (TPSA) is 9.23 Å². The van der Waals surface area contributed by atoms with Crippen molar-refractivity contribution in [3.05, 3.63) is 21.3 Å². The van der Waals surface area contributed by atoms with Gasteiger partial charge in [0.25, 0.3) is 0 Å². The molecule has 0 saturated heterocycles. The maximum atomic E-state index is 5.17. The molecule has 0 heterocycles. The second-order valence-corrected chi connectivity index (χ2v) is 3.81. The van der Waals surface area contributed by atoms with Crippen LogP contribution in [0.4, 0.5) is 0 Å². The summed E-state index contributed by atoms with van der Waals surface area (Å²) in [4.78, 5) is 0.891. The van der Waals surface area contributed by atoms with Crippen LogP contribution in [0.5, 0.6) is 5.75 Å². The lowest BCUT2D eigenvalue weighted by molar-refractivity contribution is 0.401. The van der Waals surface area contributed by atoms with E-state index in [1.54, 1.807) is 7.11 Å². The van der Waals surface area contributed by atoms with Gasteiger partial charge in [0, 0.05) is 4.90 Å². The standard InChI is InChI=1S/C8H9IOS/c1-5-3-4-6(11)8(10-2)7(5)9/h3-4,11H,1-2H3. The Kier molecular flexibility index (Phi) is 3.06. The zero-order chi connectivity index (χ0) is 8.43. The molecule has 0 unspecified atom stereocenters. The Hall–Kier alpha value is 0.100. The van der Waals surface area contributed by atoms with E-state index in [0.29, 0.717) is 0 Å². The van der Waals surface area contributed by atoms with Gasteiger partial charge in [0.05, 0.1) is 10.7 Å². The fourth-order valence-electron chi connectivity index (χ4n) is 0.838. The second-order valence-electron chi connectivity index (χ2n) is 2.25. The molecule has 0 aromatic heterocycles. The summed E-state index contributed by atoms with van der Waals surface area (Å²) < 4.78 is 6.31. The first-order chi connectivity index (χ1) is 5.16. The predicted octanol–water partition coefficient (Wildman–Crippen LogP) is 2.90. The first kappa shape index (κ1) is 9.19. The van der Waals surface area contributed by atoms with Crippen molar-refractivity contribution in [1.82, 2.24) is 0 Å². The predicted molar refractivity (Wildman–Crippen MR) is 57.7 cm³/mol. The number of benzene rings is 1. The van der Waals surface area contributed by atoms with E-state index in [0.717, 1.165) is 14.2 Å². The zero-order valence-electron chi connectivity index (χ0n) is 6.39. The van der Waals surface area contributed by atoms with Crippen LogP contribution < -0.4 is 4.74 Å². The molecular formula is C8H9IOS. The highest BCUT2D eigenvalue weighted by atomic mass is 127. The van der Waals surface area contributed by atoms with Gasteiger partial charge in [-0.25, -0.2) is 0 Å². The van der Waals surface area contributed by atoms with E-state index in [-0.39, 0.29) is 0 Å². The number of thiol groups is 1. The SMILES string of the molecule is COc1c(S)ccc(C)c1I. The molecule has 11 heavy (non-hydrogen) atoms. The smallest absolute Gasteiger partial charge is 0.145 e. The van der Waals surface area contributed by atoms with Crippen LogP contribution >= 0.6 is 35.2 Å². The fourth-order valence-corrected chi connectivity index (χ4v) is 2.02. The fraction of sp³-hybridized carbons (Fsp3) is 0.250. The molecule has 0 fully saturated rings. The Bertz CT molecular complexity index is 273. The molecule has 1 aromatic carbocycles. The molecule has 0 aliphatic rings. The van der Waals surface area contributed by atoms with Gasteiger partial charge < -0.3 is 4.74 Å². The van der Waals surface area contributed by atoms with E-state index in [1.807, 2.05) is 12.1 Å². The largest absolute Gasteiger partial charge is 0.494 e. The number of ether oxygens (including phenoxy) is 1. The number of hydrogen-bond acceptors (Lipinski definition) is 2. The monoisotopic (exact) mass is 280 g/mol. The van der Waals surface area contributed by atoms with Gasteiger partial charge in [0.1, 0.15) is 5.75 Å². The highest BCUT2D eigenvalue weighted by Gasteiger charge is 2.05. The summed E-state index contributed by atoms with van der Waals surface area (Å²) in [6.07, 6.45) is 0. The van der Waals surface area contributed by atoms with Gasteiger partial charge in [-0.1, -0.05) is 6.07 Å². The summed E-state index contributed by atoms with van der Waals surface area (Å²) >= 11 is 6.52. The van der Waals surface area contributed by atoms with E-state index in [1.165, 1.54) is 5.56 Å². The number of aryl methyl sites for hydroxylation is 1. The number of methoxy groups -OCH3 is 1. The first-order valence-corrected chi connectivity index (χ1v) is 4.71. The zero-order valence-corrected chi connectivity index (χ0v) is 9.44. The average molecular weight is 280 g/mol. The van der Waals surface area contributed by atoms with Crippen LogP contribution in [0.25, 0.3) is 0 Å². The molecule has 0 N–H and O–H groups in total. The summed E-state index contributed by atoms with van der Waals surface area (Å²) in [5, 5.41) is 0. The average Bonchev–Trinajstić information content (AvgIpc) is 1.99. The van der Waals surface area contributed by atoms with Crippen molar-refractivity contribution in [3.63, 3.8) is 0 Å². The maximum absolute atomic E-state index is 5.17. The molecule has 0 radical (unpaired) electrons. The Balaban J connectivity index is 3.29. The lowest BCUT2D eigenvalue weighted by Crippen LogP contribution is -1.90. The third-order valence-corrected chi connectivity index (χ3v) is 3.17. The highest BCUT2D eigenvalue weighted by Crippen LogP contribution is 2.30. The van der Waals surface area contributed by atoms with E-state index < -0.39 is 0 Å². The van der Waals surface area contributed by atoms with Gasteiger partial charge in [0.15, 0.2) is 0 Å². The van der Waals surface area contributed by atoms with Crippen molar-refractivity contribution in [2.24, 2.45) is 0 Å². The van der Waals surface area contributed by atoms with Crippen LogP contribution in [0.15, 0.2) is 17.0 Å². The maximum Gasteiger partial charge on any atom is 0.145 e. The molecule has 3 heteroatoms. The van der Waals surface area contributed by atoms with E-state index in [9.17, 15) is 0 Å². The molecule has 0 amide bonds. The second kappa shape index (κ2) is 3.67. The summed E-state index contributed by atoms with van der Waals surface area (Å²) in [7, 11) is 1.66. The lowest BCUT2D eigenvalue weighted by atomic mass is 10.2. The molecule has 0 atom stereocenters. The van der Waals surface area contributed by atoms with E-state index in [4.69, 9.17) is 4.74 Å². The van der Waals surface area contributed by atoms with E-state index in [2.05, 4.69) is 42.1 Å². The van der Waals surface area contributed by atoms with Crippen LogP contribution in [0.3, 0.4) is 0 Å². The quantitative estimate of drug-likeness (QED) is 0.614. The Labute approximate surface area is 85.7 Å². The van der Waals surface area contributed by atoms with Gasteiger partial charge in [-0.15, -0.1) is 12.6 Å². The van der Waals surface area contributed by atoms with Crippen LogP contribution in [0.1, 0.15) is 5.56 Å². The summed E-state index contributed by atoms with van der Waals surface area (Å²) in [5.74, 6) is 0.869. The molecule has 1 rings (SSSR count). The van der Waals surface area contributed by atoms with E-state index >= 15 is 0 Å². The molecule has 0 bridgehead atoms. The minimum atomic E-state index is 0.869. The van der Waals surface area contributed by atoms with Crippen molar-refractivity contribution in [2.45, 2.75) is 11.8 Å². The van der Waals surface area contributed by atoms with Gasteiger partial charge in [-0.3, -0.25) is 0 Å². The van der Waals surface area contributed by atoms with Crippen LogP contribution in [0.2, 0.25) is 0 Å². The highest BCUT2D eigenvalue weighted by molar-refractivity contribution is 14.1. The van der Waals surface area contributed by atoms with Crippen molar-refractivity contribution >= 4 is 35.2 Å². The van der Waals surface area contributed by atoms with Crippen molar-refractivity contribution in [1.29, 1.82) is 0 Å². The summed E-state index contributed by atoms with van der Waals surface area (Å²) in [5.41, 5.74) is 1.22. The lowest BCUT2D eigenvalue weighted by Gasteiger charge is -2.07. The molecule has 0 aliphatic heterocycles. The molecule has 1 aromatic rings. The van der Waals surface area contributed by atoms with Crippen LogP contribution in [-0.4, -0.2) is 7.11 Å². The normalized spacial score (nSPS) is 9.82. The van der Waals surface area contributed by atoms with Gasteiger partial charge in [-0.2, -0.15) is 0 Å². The van der Waals surface area contributed by atoms with Crippen molar-refractivity contribution in [3.8, 4) is 5.75 Å². The summed E-state index contributed by atoms with van der Waals surface area (Å²) in [6.45, 7) is 2.05. The van der Waals surface area contributed by atoms with Gasteiger partial charge in [0.2, 0.25) is 0 Å². The van der Waals surface area contributed by atoms with Gasteiger partial charge in [-0.05, 0) is 41.1 Å². The van der Waals surface area contributed by atoms with Crippen molar-refractivity contribution < 1.29 is 4.74 Å². The first-order valence-electron chi connectivity index (χ1n) is 3.19. The third-order valence-electron chi connectivity index (χ3n) is 1.47. The molecule has 60 valence electrons. The van der Waals surface area contributed by atoms with Crippen molar-refractivity contribution in [2.75, 3.05) is 7.11 Å². The summed E-state index contributed by atoms with van der Waals surface area (Å²) in [6, 6.07) is 3.98. The Morgan fingerprint density at radius 1 is 1.45 bits per heavy atom. The minimum Gasteiger partial charge on any atom is -0.494 e. The number of hydrogen-bond donors (Lipinski definition) is 1. The van der Waals surface area contributed by atoms with Crippen LogP contribution in [0, 0.1) is 10.5 Å². The molecular weight excluding hydrogens is 271 g/mol. The van der Waals surface area contributed by atoms with Gasteiger partial charge >= 0.3 is 0 Å². The Morgan fingerprint density at radius 2 is 2.09 bits per heavy atom. The molecule has 0 aliphatic carbocycles. The third kappa shape index (κ3) is 1.82. The Morgan fingerprint density at radius 3 is 2.55 bits per heavy atom. The minimum absolute atomic E-state index is 0.869. The molecule has 1 nitrogen and oxygen atoms in total. The molecule has 0 saturated carbocycles. The number of rotatable bonds is 1. The van der Waals surface area contributed by atoms with Crippen LogP contribution in [-0.2, 0) is 0 Å². The number of halogens is 1. The molecule has 0 spiro atoms.